The molecule has 0 spiro atoms. The molecule has 0 aliphatic carbocycles. The Labute approximate surface area is 317 Å². The second-order valence-corrected chi connectivity index (χ2v) is 14.0. The van der Waals surface area contributed by atoms with Crippen molar-refractivity contribution in [1.82, 2.24) is 0 Å². The molecule has 0 amide bonds. The van der Waals surface area contributed by atoms with Crippen molar-refractivity contribution < 1.29 is 8.83 Å². The van der Waals surface area contributed by atoms with E-state index in [1.54, 1.807) is 0 Å². The zero-order valence-corrected chi connectivity index (χ0v) is 29.8. The van der Waals surface area contributed by atoms with Crippen LogP contribution in [0, 0.1) is 0 Å². The fourth-order valence-electron chi connectivity index (χ4n) is 8.39. The number of nitrogens with zero attached hydrogens (tertiary/aromatic N) is 1. The van der Waals surface area contributed by atoms with Gasteiger partial charge in [-0.25, -0.2) is 0 Å². The molecule has 0 aliphatic heterocycles. The second-order valence-electron chi connectivity index (χ2n) is 14.0. The molecule has 0 atom stereocenters. The van der Waals surface area contributed by atoms with Crippen molar-refractivity contribution >= 4 is 71.7 Å². The van der Waals surface area contributed by atoms with Crippen LogP contribution in [-0.2, 0) is 0 Å². The van der Waals surface area contributed by atoms with Gasteiger partial charge in [0.2, 0.25) is 0 Å². The Morgan fingerprint density at radius 3 is 1.65 bits per heavy atom. The van der Waals surface area contributed by atoms with Gasteiger partial charge in [-0.1, -0.05) is 146 Å². The number of hydrogen-bond acceptors (Lipinski definition) is 3. The van der Waals surface area contributed by atoms with Crippen LogP contribution < -0.4 is 4.90 Å². The van der Waals surface area contributed by atoms with Crippen LogP contribution in [0.15, 0.2) is 209 Å². The van der Waals surface area contributed by atoms with Crippen molar-refractivity contribution in [2.45, 2.75) is 0 Å². The molecule has 0 saturated carbocycles. The molecule has 3 nitrogen and oxygen atoms in total. The van der Waals surface area contributed by atoms with E-state index < -0.39 is 0 Å². The number of anilines is 3. The van der Waals surface area contributed by atoms with E-state index in [2.05, 4.69) is 181 Å². The van der Waals surface area contributed by atoms with Gasteiger partial charge in [-0.15, -0.1) is 0 Å². The first-order chi connectivity index (χ1) is 27.3. The van der Waals surface area contributed by atoms with Gasteiger partial charge < -0.3 is 13.7 Å². The summed E-state index contributed by atoms with van der Waals surface area (Å²) in [6.45, 7) is 0. The minimum atomic E-state index is 0.853. The summed E-state index contributed by atoms with van der Waals surface area (Å²) in [6.07, 6.45) is 0. The summed E-state index contributed by atoms with van der Waals surface area (Å²) < 4.78 is 12.8. The fraction of sp³-hybridized carbons (Fsp3) is 0. The Morgan fingerprint density at radius 1 is 0.309 bits per heavy atom. The number of benzene rings is 9. The lowest BCUT2D eigenvalue weighted by Crippen LogP contribution is -2.11. The van der Waals surface area contributed by atoms with Crippen molar-refractivity contribution in [3.63, 3.8) is 0 Å². The van der Waals surface area contributed by atoms with Crippen LogP contribution in [0.5, 0.6) is 0 Å². The highest BCUT2D eigenvalue weighted by molar-refractivity contribution is 6.16. The predicted octanol–water partition coefficient (Wildman–Crippen LogP) is 15.1. The largest absolute Gasteiger partial charge is 0.456 e. The number of hydrogen-bond donors (Lipinski definition) is 0. The van der Waals surface area contributed by atoms with Gasteiger partial charge >= 0.3 is 0 Å². The number of fused-ring (bicyclic) bond motifs is 7. The third-order valence-electron chi connectivity index (χ3n) is 10.9. The van der Waals surface area contributed by atoms with E-state index in [-0.39, 0.29) is 0 Å². The van der Waals surface area contributed by atoms with Crippen molar-refractivity contribution in [1.29, 1.82) is 0 Å². The smallest absolute Gasteiger partial charge is 0.137 e. The van der Waals surface area contributed by atoms with Gasteiger partial charge in [-0.2, -0.15) is 0 Å². The summed E-state index contributed by atoms with van der Waals surface area (Å²) in [6, 6.07) is 71.0. The van der Waals surface area contributed by atoms with Gasteiger partial charge in [0.15, 0.2) is 0 Å². The van der Waals surface area contributed by atoms with Gasteiger partial charge in [0, 0.05) is 27.4 Å². The molecular weight excluding hydrogens is 671 g/mol. The van der Waals surface area contributed by atoms with E-state index >= 15 is 0 Å². The minimum absolute atomic E-state index is 0.853. The summed E-state index contributed by atoms with van der Waals surface area (Å²) in [7, 11) is 0. The maximum atomic E-state index is 6.44. The topological polar surface area (TPSA) is 29.5 Å². The molecule has 2 aromatic heterocycles. The summed E-state index contributed by atoms with van der Waals surface area (Å²) in [5.41, 5.74) is 13.6. The molecule has 0 saturated heterocycles. The molecule has 11 rings (SSSR count). The van der Waals surface area contributed by atoms with Crippen molar-refractivity contribution in [3.05, 3.63) is 200 Å². The SMILES string of the molecule is c1cc(-c2ccc(N(c3ccccc3-c3cccc4oc5ccccc5c34)c3cccc4oc5ccccc5c34)cc2)cc(-c2cccc3ccccc23)c1. The first-order valence-electron chi connectivity index (χ1n) is 18.7. The third-order valence-corrected chi connectivity index (χ3v) is 10.9. The molecule has 0 bridgehead atoms. The summed E-state index contributed by atoms with van der Waals surface area (Å²) >= 11 is 0. The van der Waals surface area contributed by atoms with Crippen LogP contribution in [0.1, 0.15) is 0 Å². The van der Waals surface area contributed by atoms with Gasteiger partial charge in [0.25, 0.3) is 0 Å². The lowest BCUT2D eigenvalue weighted by Gasteiger charge is -2.29. The summed E-state index contributed by atoms with van der Waals surface area (Å²) in [5, 5.41) is 6.87. The molecule has 0 fully saturated rings. The van der Waals surface area contributed by atoms with Crippen molar-refractivity contribution in [3.8, 4) is 33.4 Å². The maximum Gasteiger partial charge on any atom is 0.137 e. The van der Waals surface area contributed by atoms with E-state index in [4.69, 9.17) is 8.83 Å². The summed E-state index contributed by atoms with van der Waals surface area (Å²) in [4.78, 5) is 2.39. The molecule has 258 valence electrons. The molecule has 0 aliphatic rings. The standard InChI is InChI=1S/C52H33NO2/c1-2-17-39-35(13-1)14-10-21-40(39)37-16-9-15-36(33-37)34-29-31-38(32-30-34)53(46-24-12-28-50-52(46)44-20-5-8-26-48(44)55-50)45-23-6-3-18-41(45)42-22-11-27-49-51(42)43-19-4-7-25-47(43)54-49/h1-33H. The van der Waals surface area contributed by atoms with Gasteiger partial charge in [0.1, 0.15) is 22.3 Å². The Bertz CT molecular complexity index is 3220. The highest BCUT2D eigenvalue weighted by Crippen LogP contribution is 2.48. The van der Waals surface area contributed by atoms with Crippen molar-refractivity contribution in [2.24, 2.45) is 0 Å². The summed E-state index contributed by atoms with van der Waals surface area (Å²) in [5.74, 6) is 0. The predicted molar refractivity (Wildman–Crippen MR) is 229 cm³/mol. The highest BCUT2D eigenvalue weighted by Gasteiger charge is 2.23. The first-order valence-corrected chi connectivity index (χ1v) is 18.7. The zero-order chi connectivity index (χ0) is 36.3. The Kier molecular flexibility index (Phi) is 7.17. The lowest BCUT2D eigenvalue weighted by molar-refractivity contribution is 0.668. The Morgan fingerprint density at radius 2 is 0.836 bits per heavy atom. The van der Waals surface area contributed by atoms with Crippen LogP contribution in [0.3, 0.4) is 0 Å². The van der Waals surface area contributed by atoms with Crippen LogP contribution in [0.25, 0.3) is 88.0 Å². The Hall–Kier alpha value is -7.36. The van der Waals surface area contributed by atoms with Gasteiger partial charge in [-0.3, -0.25) is 0 Å². The molecule has 3 heteroatoms. The molecule has 11 aromatic rings. The monoisotopic (exact) mass is 703 g/mol. The lowest BCUT2D eigenvalue weighted by atomic mass is 9.95. The van der Waals surface area contributed by atoms with Gasteiger partial charge in [-0.05, 0) is 93.2 Å². The quantitative estimate of drug-likeness (QED) is 0.173. The maximum absolute atomic E-state index is 6.44. The van der Waals surface area contributed by atoms with E-state index in [1.807, 2.05) is 24.3 Å². The van der Waals surface area contributed by atoms with Crippen LogP contribution in [0.4, 0.5) is 17.1 Å². The average Bonchev–Trinajstić information content (AvgIpc) is 3.83. The van der Waals surface area contributed by atoms with E-state index in [0.29, 0.717) is 0 Å². The highest BCUT2D eigenvalue weighted by atomic mass is 16.3. The van der Waals surface area contributed by atoms with E-state index in [9.17, 15) is 0 Å². The average molecular weight is 704 g/mol. The molecular formula is C52H33NO2. The molecule has 9 aromatic carbocycles. The second kappa shape index (κ2) is 12.6. The molecule has 0 unspecified atom stereocenters. The van der Waals surface area contributed by atoms with Crippen molar-refractivity contribution in [2.75, 3.05) is 4.90 Å². The van der Waals surface area contributed by atoms with Gasteiger partial charge in [0.05, 0.1) is 16.8 Å². The molecule has 55 heavy (non-hydrogen) atoms. The van der Waals surface area contributed by atoms with E-state index in [1.165, 1.54) is 27.5 Å². The Balaban J connectivity index is 1.10. The molecule has 0 radical (unpaired) electrons. The molecule has 2 heterocycles. The number of rotatable bonds is 6. The van der Waals surface area contributed by atoms with Crippen LogP contribution in [-0.4, -0.2) is 0 Å². The fourth-order valence-corrected chi connectivity index (χ4v) is 8.39. The molecule has 0 N–H and O–H groups in total. The van der Waals surface area contributed by atoms with Crippen LogP contribution in [0.2, 0.25) is 0 Å². The third kappa shape index (κ3) is 5.13. The number of para-hydroxylation sites is 3. The zero-order valence-electron chi connectivity index (χ0n) is 29.8. The number of furan rings is 2. The van der Waals surface area contributed by atoms with E-state index in [0.717, 1.165) is 77.6 Å². The first kappa shape index (κ1) is 31.2. The normalized spacial score (nSPS) is 11.6. The van der Waals surface area contributed by atoms with Crippen LogP contribution >= 0.6 is 0 Å². The minimum Gasteiger partial charge on any atom is -0.456 e.